The molecule has 2 aromatic heterocycles. The Morgan fingerprint density at radius 3 is 3.50 bits per heavy atom. The quantitative estimate of drug-likeness (QED) is 0.611. The van der Waals surface area contributed by atoms with E-state index in [-0.39, 0.29) is 0 Å². The van der Waals surface area contributed by atoms with Crippen LogP contribution in [0.4, 0.5) is 0 Å². The Morgan fingerprint density at radius 2 is 2.50 bits per heavy atom. The Balaban J connectivity index is 2.44. The Hall–Kier alpha value is -1.03. The van der Waals surface area contributed by atoms with Crippen molar-refractivity contribution in [2.24, 2.45) is 0 Å². The van der Waals surface area contributed by atoms with Crippen molar-refractivity contribution in [3.8, 4) is 0 Å². The van der Waals surface area contributed by atoms with Crippen molar-refractivity contribution >= 4 is 22.9 Å². The number of imidazole rings is 1. The number of thioether (sulfide) groups is 1. The fourth-order valence-corrected chi connectivity index (χ4v) is 2.45. The molecule has 12 heavy (non-hydrogen) atoms. The van der Waals surface area contributed by atoms with E-state index in [4.69, 9.17) is 0 Å². The number of hydrogen-bond acceptors (Lipinski definition) is 3. The van der Waals surface area contributed by atoms with Gasteiger partial charge in [-0.2, -0.15) is 0 Å². The van der Waals surface area contributed by atoms with Crippen molar-refractivity contribution in [1.82, 2.24) is 14.5 Å². The summed E-state index contributed by atoms with van der Waals surface area (Å²) in [5, 5.41) is 1.11. The van der Waals surface area contributed by atoms with Crippen LogP contribution in [0.25, 0.3) is 11.2 Å². The highest BCUT2D eigenvalue weighted by Crippen LogP contribution is 2.28. The molecule has 3 heterocycles. The molecule has 1 aliphatic rings. The molecule has 0 unspecified atom stereocenters. The van der Waals surface area contributed by atoms with Crippen LogP contribution in [0.3, 0.4) is 0 Å². The van der Waals surface area contributed by atoms with Crippen molar-refractivity contribution in [3.05, 3.63) is 18.3 Å². The molecule has 0 amide bonds. The molecule has 0 bridgehead atoms. The SMILES string of the molecule is c1cnc2nc3n(c2c1)CCS3. The largest absolute Gasteiger partial charge is 0.317 e. The third kappa shape index (κ3) is 0.728. The van der Waals surface area contributed by atoms with Crippen LogP contribution >= 0.6 is 11.8 Å². The van der Waals surface area contributed by atoms with E-state index in [1.807, 2.05) is 6.07 Å². The minimum Gasteiger partial charge on any atom is -0.317 e. The molecule has 0 radical (unpaired) electrons. The van der Waals surface area contributed by atoms with E-state index in [2.05, 4.69) is 20.6 Å². The zero-order valence-corrected chi connectivity index (χ0v) is 7.21. The maximum atomic E-state index is 4.41. The van der Waals surface area contributed by atoms with Gasteiger partial charge in [-0.25, -0.2) is 9.97 Å². The van der Waals surface area contributed by atoms with Gasteiger partial charge >= 0.3 is 0 Å². The molecule has 3 nitrogen and oxygen atoms in total. The summed E-state index contributed by atoms with van der Waals surface area (Å²) < 4.78 is 2.23. The average Bonchev–Trinajstić information content (AvgIpc) is 2.62. The molecule has 0 N–H and O–H groups in total. The second kappa shape index (κ2) is 2.23. The Morgan fingerprint density at radius 1 is 1.50 bits per heavy atom. The smallest absolute Gasteiger partial charge is 0.178 e. The van der Waals surface area contributed by atoms with E-state index < -0.39 is 0 Å². The number of aryl methyl sites for hydroxylation is 1. The number of nitrogens with zero attached hydrogens (tertiary/aromatic N) is 3. The number of rotatable bonds is 0. The van der Waals surface area contributed by atoms with Crippen LogP contribution in [0, 0.1) is 0 Å². The van der Waals surface area contributed by atoms with E-state index in [0.29, 0.717) is 0 Å². The molecule has 2 aromatic rings. The normalized spacial score (nSPS) is 15.3. The summed E-state index contributed by atoms with van der Waals surface area (Å²) in [6, 6.07) is 4.03. The first kappa shape index (κ1) is 6.48. The van der Waals surface area contributed by atoms with E-state index in [1.54, 1.807) is 18.0 Å². The molecule has 0 aliphatic carbocycles. The summed E-state index contributed by atoms with van der Waals surface area (Å²) in [4.78, 5) is 8.61. The van der Waals surface area contributed by atoms with Gasteiger partial charge < -0.3 is 4.57 Å². The standard InChI is InChI=1S/C8H7N3S/c1-2-6-7(9-3-1)10-8-11(6)4-5-12-8/h1-3H,4-5H2. The van der Waals surface area contributed by atoms with Gasteiger partial charge in [0.25, 0.3) is 0 Å². The van der Waals surface area contributed by atoms with E-state index >= 15 is 0 Å². The third-order valence-electron chi connectivity index (χ3n) is 2.04. The van der Waals surface area contributed by atoms with Crippen LogP contribution in [0.15, 0.2) is 23.5 Å². The number of aromatic nitrogens is 3. The van der Waals surface area contributed by atoms with E-state index in [9.17, 15) is 0 Å². The molecular weight excluding hydrogens is 170 g/mol. The van der Waals surface area contributed by atoms with Gasteiger partial charge in [-0.15, -0.1) is 0 Å². The first-order valence-corrected chi connectivity index (χ1v) is 4.88. The minimum absolute atomic E-state index is 0.875. The molecule has 0 spiro atoms. The minimum atomic E-state index is 0.875. The van der Waals surface area contributed by atoms with Gasteiger partial charge in [-0.3, -0.25) is 0 Å². The van der Waals surface area contributed by atoms with Crippen LogP contribution in [-0.4, -0.2) is 20.3 Å². The first-order chi connectivity index (χ1) is 5.95. The van der Waals surface area contributed by atoms with Crippen LogP contribution in [0.5, 0.6) is 0 Å². The van der Waals surface area contributed by atoms with Crippen LogP contribution in [0.1, 0.15) is 0 Å². The second-order valence-electron chi connectivity index (χ2n) is 2.74. The monoisotopic (exact) mass is 177 g/mol. The summed E-state index contributed by atoms with van der Waals surface area (Å²) in [6.45, 7) is 1.07. The van der Waals surface area contributed by atoms with Gasteiger partial charge in [0.2, 0.25) is 0 Å². The first-order valence-electron chi connectivity index (χ1n) is 3.89. The van der Waals surface area contributed by atoms with Gasteiger partial charge in [0.05, 0.1) is 5.52 Å². The zero-order chi connectivity index (χ0) is 7.97. The lowest BCUT2D eigenvalue weighted by Crippen LogP contribution is -1.92. The fourth-order valence-electron chi connectivity index (χ4n) is 1.49. The lowest BCUT2D eigenvalue weighted by atomic mass is 10.4. The van der Waals surface area contributed by atoms with Gasteiger partial charge in [0.15, 0.2) is 10.8 Å². The maximum Gasteiger partial charge on any atom is 0.178 e. The van der Waals surface area contributed by atoms with Gasteiger partial charge in [-0.05, 0) is 12.1 Å². The molecule has 0 fully saturated rings. The zero-order valence-electron chi connectivity index (χ0n) is 6.40. The van der Waals surface area contributed by atoms with Crippen LogP contribution < -0.4 is 0 Å². The van der Waals surface area contributed by atoms with Crippen LogP contribution in [0.2, 0.25) is 0 Å². The average molecular weight is 177 g/mol. The van der Waals surface area contributed by atoms with Crippen molar-refractivity contribution in [2.45, 2.75) is 11.7 Å². The molecular formula is C8H7N3S. The molecule has 0 saturated heterocycles. The molecule has 1 aliphatic heterocycles. The maximum absolute atomic E-state index is 4.41. The molecule has 60 valence electrons. The summed E-state index contributed by atoms with van der Waals surface area (Å²) in [5.74, 6) is 1.15. The lowest BCUT2D eigenvalue weighted by molar-refractivity contribution is 0.743. The van der Waals surface area contributed by atoms with E-state index in [1.165, 1.54) is 0 Å². The van der Waals surface area contributed by atoms with Crippen LogP contribution in [-0.2, 0) is 6.54 Å². The van der Waals surface area contributed by atoms with Gasteiger partial charge in [0, 0.05) is 18.5 Å². The van der Waals surface area contributed by atoms with Crippen molar-refractivity contribution in [3.63, 3.8) is 0 Å². The number of pyridine rings is 1. The summed E-state index contributed by atoms with van der Waals surface area (Å²) in [5.41, 5.74) is 2.04. The third-order valence-corrected chi connectivity index (χ3v) is 2.99. The second-order valence-corrected chi connectivity index (χ2v) is 3.80. The highest BCUT2D eigenvalue weighted by atomic mass is 32.2. The summed E-state index contributed by atoms with van der Waals surface area (Å²) in [6.07, 6.45) is 1.79. The number of fused-ring (bicyclic) bond motifs is 3. The predicted octanol–water partition coefficient (Wildman–Crippen LogP) is 1.54. The topological polar surface area (TPSA) is 30.7 Å². The summed E-state index contributed by atoms with van der Waals surface area (Å²) >= 11 is 1.81. The van der Waals surface area contributed by atoms with Gasteiger partial charge in [-0.1, -0.05) is 11.8 Å². The Labute approximate surface area is 73.8 Å². The highest BCUT2D eigenvalue weighted by Gasteiger charge is 2.16. The van der Waals surface area contributed by atoms with E-state index in [0.717, 1.165) is 28.6 Å². The van der Waals surface area contributed by atoms with Crippen molar-refractivity contribution in [1.29, 1.82) is 0 Å². The Kier molecular flexibility index (Phi) is 1.20. The molecule has 3 rings (SSSR count). The fraction of sp³-hybridized carbons (Fsp3) is 0.250. The molecule has 0 atom stereocenters. The predicted molar refractivity (Wildman–Crippen MR) is 48.3 cm³/mol. The van der Waals surface area contributed by atoms with Crippen molar-refractivity contribution < 1.29 is 0 Å². The highest BCUT2D eigenvalue weighted by molar-refractivity contribution is 7.99. The van der Waals surface area contributed by atoms with Gasteiger partial charge in [0.1, 0.15) is 0 Å². The molecule has 4 heteroatoms. The van der Waals surface area contributed by atoms with Crippen molar-refractivity contribution in [2.75, 3.05) is 5.75 Å². The lowest BCUT2D eigenvalue weighted by Gasteiger charge is -1.94. The molecule has 0 aromatic carbocycles. The summed E-state index contributed by atoms with van der Waals surface area (Å²) in [7, 11) is 0. The Bertz CT molecular complexity index is 435. The molecule has 0 saturated carbocycles. The number of hydrogen-bond donors (Lipinski definition) is 0.